The predicted molar refractivity (Wildman–Crippen MR) is 70.0 cm³/mol. The summed E-state index contributed by atoms with van der Waals surface area (Å²) in [6.45, 7) is 1.62. The molecule has 1 heterocycles. The second kappa shape index (κ2) is 8.86. The molecule has 2 aromatic rings. The Bertz CT molecular complexity index is 441. The first kappa shape index (κ1) is 17.8. The molecule has 0 atom stereocenters. The smallest absolute Gasteiger partial charge is 0.117 e. The van der Waals surface area contributed by atoms with E-state index in [1.807, 2.05) is 26.2 Å². The lowest BCUT2D eigenvalue weighted by atomic mass is 10.2. The molecule has 5 heteroatoms. The Labute approximate surface area is 126 Å². The Balaban J connectivity index is 0.00000162. The van der Waals surface area contributed by atoms with Crippen LogP contribution in [0.2, 0.25) is 0 Å². The van der Waals surface area contributed by atoms with Crippen LogP contribution in [-0.2, 0) is 13.1 Å². The molecule has 0 spiro atoms. The van der Waals surface area contributed by atoms with Gasteiger partial charge in [0.25, 0.3) is 0 Å². The van der Waals surface area contributed by atoms with Crippen molar-refractivity contribution in [1.82, 2.24) is 5.32 Å². The number of nitrogens with zero attached hydrogens (tertiary/aromatic N) is 1. The minimum atomic E-state index is 0. The van der Waals surface area contributed by atoms with Gasteiger partial charge in [-0.15, -0.1) is 0 Å². The van der Waals surface area contributed by atoms with Crippen molar-refractivity contribution in [2.75, 3.05) is 19.0 Å². The zero-order chi connectivity index (χ0) is 12.1. The van der Waals surface area contributed by atoms with Crippen LogP contribution in [0.5, 0.6) is 0 Å². The lowest BCUT2D eigenvalue weighted by molar-refractivity contribution is -0.00100. The highest BCUT2D eigenvalue weighted by molar-refractivity contribution is 5.45. The molecule has 0 fully saturated rings. The molecule has 0 radical (unpaired) electrons. The number of nitrogens with one attached hydrogen (secondary N) is 1. The maximum atomic E-state index is 5.25. The van der Waals surface area contributed by atoms with E-state index < -0.39 is 0 Å². The number of furan rings is 1. The fraction of sp³-hybridized carbons (Fsp3) is 0.286. The number of hydrogen-bond donors (Lipinski definition) is 1. The number of rotatable bonds is 5. The van der Waals surface area contributed by atoms with Crippen LogP contribution < -0.4 is 35.0 Å². The van der Waals surface area contributed by atoms with Crippen molar-refractivity contribution in [1.29, 1.82) is 0 Å². The van der Waals surface area contributed by atoms with E-state index in [1.54, 1.807) is 6.26 Å². The van der Waals surface area contributed by atoms with Crippen molar-refractivity contribution in [3.8, 4) is 0 Å². The Morgan fingerprint density at radius 2 is 1.68 bits per heavy atom. The van der Waals surface area contributed by atoms with E-state index in [1.165, 1.54) is 11.3 Å². The molecule has 0 bridgehead atoms. The second-order valence-corrected chi connectivity index (χ2v) is 4.24. The zero-order valence-corrected chi connectivity index (χ0v) is 12.6. The summed E-state index contributed by atoms with van der Waals surface area (Å²) in [5.74, 6) is 0.968. The third-order valence-electron chi connectivity index (χ3n) is 2.66. The predicted octanol–water partition coefficient (Wildman–Crippen LogP) is -3.36. The summed E-state index contributed by atoms with van der Waals surface area (Å²) in [6, 6.07) is 12.4. The quantitative estimate of drug-likeness (QED) is 0.625. The summed E-state index contributed by atoms with van der Waals surface area (Å²) in [5.41, 5.74) is 2.50. The fourth-order valence-electron chi connectivity index (χ4n) is 1.66. The Hall–Kier alpha value is -1.16. The van der Waals surface area contributed by atoms with E-state index >= 15 is 0 Å². The Morgan fingerprint density at radius 1 is 1.00 bits per heavy atom. The van der Waals surface area contributed by atoms with Gasteiger partial charge in [-0.25, -0.2) is 0 Å². The van der Waals surface area contributed by atoms with Crippen molar-refractivity contribution >= 4 is 5.69 Å². The SMILES string of the molecule is CN(C)c1ccc(CNCc2ccco2)cc1.[Cl-].[Cl-]. The molecule has 0 aliphatic carbocycles. The average Bonchev–Trinajstić information content (AvgIpc) is 2.83. The third kappa shape index (κ3) is 5.55. The molecule has 106 valence electrons. The molecule has 1 aromatic carbocycles. The van der Waals surface area contributed by atoms with Crippen LogP contribution in [0.1, 0.15) is 11.3 Å². The normalized spacial score (nSPS) is 9.37. The van der Waals surface area contributed by atoms with E-state index in [9.17, 15) is 0 Å². The summed E-state index contributed by atoms with van der Waals surface area (Å²) in [6.07, 6.45) is 1.70. The van der Waals surface area contributed by atoms with Crippen molar-refractivity contribution in [3.05, 3.63) is 54.0 Å². The first-order valence-electron chi connectivity index (χ1n) is 5.75. The van der Waals surface area contributed by atoms with Crippen molar-refractivity contribution in [2.45, 2.75) is 13.1 Å². The van der Waals surface area contributed by atoms with Gasteiger partial charge in [-0.3, -0.25) is 0 Å². The van der Waals surface area contributed by atoms with Gasteiger partial charge in [-0.1, -0.05) is 12.1 Å². The number of benzene rings is 1. The largest absolute Gasteiger partial charge is 1.00 e. The maximum absolute atomic E-state index is 5.25. The van der Waals surface area contributed by atoms with Gasteiger partial charge >= 0.3 is 0 Å². The fourth-order valence-corrected chi connectivity index (χ4v) is 1.66. The molecular formula is C14H18Cl2N2O-2. The molecule has 1 aromatic heterocycles. The van der Waals surface area contributed by atoms with Gasteiger partial charge in [0, 0.05) is 26.3 Å². The van der Waals surface area contributed by atoms with Crippen LogP contribution in [-0.4, -0.2) is 14.1 Å². The Kier molecular flexibility index (Phi) is 8.32. The summed E-state index contributed by atoms with van der Waals surface area (Å²) < 4.78 is 5.25. The van der Waals surface area contributed by atoms with Gasteiger partial charge in [0.05, 0.1) is 12.8 Å². The van der Waals surface area contributed by atoms with Gasteiger partial charge in [0.1, 0.15) is 5.76 Å². The maximum Gasteiger partial charge on any atom is 0.117 e. The summed E-state index contributed by atoms with van der Waals surface area (Å²) in [4.78, 5) is 2.10. The molecule has 0 saturated heterocycles. The van der Waals surface area contributed by atoms with Crippen LogP contribution in [0.3, 0.4) is 0 Å². The zero-order valence-electron chi connectivity index (χ0n) is 11.1. The highest BCUT2D eigenvalue weighted by atomic mass is 35.5. The van der Waals surface area contributed by atoms with Crippen molar-refractivity contribution in [2.24, 2.45) is 0 Å². The minimum Gasteiger partial charge on any atom is -1.00 e. The molecule has 0 saturated carbocycles. The molecule has 0 aliphatic heterocycles. The van der Waals surface area contributed by atoms with Crippen LogP contribution in [0.15, 0.2) is 47.1 Å². The monoisotopic (exact) mass is 300 g/mol. The van der Waals surface area contributed by atoms with E-state index in [2.05, 4.69) is 34.5 Å². The average molecular weight is 301 g/mol. The van der Waals surface area contributed by atoms with Gasteiger partial charge in [0.2, 0.25) is 0 Å². The third-order valence-corrected chi connectivity index (χ3v) is 2.66. The molecule has 1 N–H and O–H groups in total. The Morgan fingerprint density at radius 3 is 2.21 bits per heavy atom. The first-order chi connectivity index (χ1) is 8.25. The molecule has 2 rings (SSSR count). The van der Waals surface area contributed by atoms with Crippen LogP contribution in [0.25, 0.3) is 0 Å². The lowest BCUT2D eigenvalue weighted by Crippen LogP contribution is -3.00. The molecular weight excluding hydrogens is 283 g/mol. The van der Waals surface area contributed by atoms with Crippen LogP contribution >= 0.6 is 0 Å². The second-order valence-electron chi connectivity index (χ2n) is 4.24. The number of anilines is 1. The number of halogens is 2. The summed E-state index contributed by atoms with van der Waals surface area (Å²) in [5, 5.41) is 3.35. The molecule has 19 heavy (non-hydrogen) atoms. The number of hydrogen-bond acceptors (Lipinski definition) is 3. The highest BCUT2D eigenvalue weighted by Gasteiger charge is 1.97. The molecule has 0 amide bonds. The molecule has 0 aliphatic rings. The van der Waals surface area contributed by atoms with Crippen molar-refractivity contribution < 1.29 is 29.2 Å². The standard InChI is InChI=1S/C14H18N2O.2ClH/c1-16(2)13-7-5-12(6-8-13)10-15-11-14-4-3-9-17-14;;/h3-9,15H,10-11H2,1-2H3;2*1H/p-2. The van der Waals surface area contributed by atoms with Gasteiger partial charge < -0.3 is 39.4 Å². The first-order valence-corrected chi connectivity index (χ1v) is 5.75. The van der Waals surface area contributed by atoms with Crippen LogP contribution in [0, 0.1) is 0 Å². The van der Waals surface area contributed by atoms with E-state index in [4.69, 9.17) is 4.42 Å². The van der Waals surface area contributed by atoms with Crippen LogP contribution in [0.4, 0.5) is 5.69 Å². The lowest BCUT2D eigenvalue weighted by Gasteiger charge is -2.12. The van der Waals surface area contributed by atoms with Gasteiger partial charge in [0.15, 0.2) is 0 Å². The topological polar surface area (TPSA) is 28.4 Å². The van der Waals surface area contributed by atoms with E-state index in [0.29, 0.717) is 0 Å². The van der Waals surface area contributed by atoms with E-state index in [-0.39, 0.29) is 24.8 Å². The van der Waals surface area contributed by atoms with E-state index in [0.717, 1.165) is 18.8 Å². The summed E-state index contributed by atoms with van der Waals surface area (Å²) in [7, 11) is 4.09. The highest BCUT2D eigenvalue weighted by Crippen LogP contribution is 2.12. The van der Waals surface area contributed by atoms with Crippen molar-refractivity contribution in [3.63, 3.8) is 0 Å². The van der Waals surface area contributed by atoms with Gasteiger partial charge in [-0.05, 0) is 29.8 Å². The summed E-state index contributed by atoms with van der Waals surface area (Å²) >= 11 is 0. The molecule has 3 nitrogen and oxygen atoms in total. The minimum absolute atomic E-state index is 0. The van der Waals surface area contributed by atoms with Gasteiger partial charge in [-0.2, -0.15) is 0 Å². The molecule has 0 unspecified atom stereocenters.